The predicted octanol–water partition coefficient (Wildman–Crippen LogP) is 4.96. The van der Waals surface area contributed by atoms with E-state index in [4.69, 9.17) is 9.05 Å². The topological polar surface area (TPSA) is 68.7 Å². The van der Waals surface area contributed by atoms with Crippen LogP contribution in [0.25, 0.3) is 0 Å². The summed E-state index contributed by atoms with van der Waals surface area (Å²) in [5, 5.41) is 10.7. The van der Waals surface area contributed by atoms with Crippen LogP contribution in [0.15, 0.2) is 24.5 Å². The Bertz CT molecular complexity index is 517. The number of aliphatic hydroxyl groups excluding tert-OH is 1. The lowest BCUT2D eigenvalue weighted by atomic mass is 9.98. The van der Waals surface area contributed by atoms with Crippen molar-refractivity contribution in [3.8, 4) is 0 Å². The zero-order valence-corrected chi connectivity index (χ0v) is 15.1. The maximum absolute atomic E-state index is 13.5. The summed E-state index contributed by atoms with van der Waals surface area (Å²) in [4.78, 5) is 4.02. The van der Waals surface area contributed by atoms with E-state index in [1.165, 1.54) is 19.0 Å². The molecule has 1 heterocycles. The molecule has 2 saturated carbocycles. The van der Waals surface area contributed by atoms with Crippen LogP contribution in [0.4, 0.5) is 0 Å². The molecule has 1 aromatic rings. The molecular formula is C18H28NO4P. The maximum atomic E-state index is 13.5. The highest BCUT2D eigenvalue weighted by atomic mass is 31.2. The molecule has 6 heteroatoms. The van der Waals surface area contributed by atoms with Crippen LogP contribution in [0, 0.1) is 0 Å². The largest absolute Gasteiger partial charge is 0.376 e. The van der Waals surface area contributed by atoms with Crippen LogP contribution in [0.2, 0.25) is 0 Å². The molecule has 1 aromatic heterocycles. The summed E-state index contributed by atoms with van der Waals surface area (Å²) in [5.41, 5.74) is 0.493. The van der Waals surface area contributed by atoms with Crippen LogP contribution in [-0.2, 0) is 13.6 Å². The van der Waals surface area contributed by atoms with E-state index in [2.05, 4.69) is 4.98 Å². The van der Waals surface area contributed by atoms with Gasteiger partial charge in [-0.3, -0.25) is 9.55 Å². The molecule has 1 N–H and O–H groups in total. The van der Waals surface area contributed by atoms with Crippen LogP contribution >= 0.6 is 7.60 Å². The van der Waals surface area contributed by atoms with Gasteiger partial charge >= 0.3 is 7.60 Å². The fraction of sp³-hybridized carbons (Fsp3) is 0.722. The first-order chi connectivity index (χ1) is 11.7. The van der Waals surface area contributed by atoms with Gasteiger partial charge in [0.15, 0.2) is 5.85 Å². The lowest BCUT2D eigenvalue weighted by molar-refractivity contribution is 0.0544. The molecule has 2 fully saturated rings. The second-order valence-electron chi connectivity index (χ2n) is 6.93. The van der Waals surface area contributed by atoms with Crippen molar-refractivity contribution in [2.45, 2.75) is 82.3 Å². The molecule has 2 aliphatic rings. The first-order valence-electron chi connectivity index (χ1n) is 9.22. The summed E-state index contributed by atoms with van der Waals surface area (Å²) in [5.74, 6) is -1.27. The maximum Gasteiger partial charge on any atom is 0.364 e. The minimum atomic E-state index is -3.65. The number of pyridine rings is 1. The summed E-state index contributed by atoms with van der Waals surface area (Å²) in [6.45, 7) is 0. The Morgan fingerprint density at radius 2 is 1.54 bits per heavy atom. The molecule has 0 bridgehead atoms. The number of aliphatic hydroxyl groups is 1. The zero-order valence-electron chi connectivity index (χ0n) is 14.2. The zero-order chi connectivity index (χ0) is 16.8. The molecule has 1 atom stereocenters. The van der Waals surface area contributed by atoms with Gasteiger partial charge in [-0.2, -0.15) is 0 Å². The summed E-state index contributed by atoms with van der Waals surface area (Å²) in [6, 6.07) is 3.45. The van der Waals surface area contributed by atoms with E-state index < -0.39 is 13.4 Å². The highest BCUT2D eigenvalue weighted by Gasteiger charge is 2.41. The number of aromatic nitrogens is 1. The molecule has 0 unspecified atom stereocenters. The van der Waals surface area contributed by atoms with Crippen molar-refractivity contribution in [1.82, 2.24) is 4.98 Å². The fourth-order valence-electron chi connectivity index (χ4n) is 3.61. The van der Waals surface area contributed by atoms with E-state index in [0.717, 1.165) is 51.4 Å². The van der Waals surface area contributed by atoms with Gasteiger partial charge in [0.25, 0.3) is 0 Å². The standard InChI is InChI=1S/C18H28NO4P/c20-18(15-8-7-13-19-14-15)24(21,22-16-9-3-1-4-10-16)23-17-11-5-2-6-12-17/h7-8,13-14,16-18,20H,1-6,9-12H2/t18-/m0/s1. The fourth-order valence-corrected chi connectivity index (χ4v) is 5.66. The van der Waals surface area contributed by atoms with Gasteiger partial charge in [0.05, 0.1) is 12.2 Å². The van der Waals surface area contributed by atoms with Gasteiger partial charge in [0, 0.05) is 18.0 Å². The van der Waals surface area contributed by atoms with Gasteiger partial charge in [-0.05, 0) is 31.7 Å². The lowest BCUT2D eigenvalue weighted by Crippen LogP contribution is -2.22. The smallest absolute Gasteiger partial charge is 0.364 e. The van der Waals surface area contributed by atoms with Crippen molar-refractivity contribution in [3.05, 3.63) is 30.1 Å². The molecule has 134 valence electrons. The molecule has 3 rings (SSSR count). The average molecular weight is 353 g/mol. The van der Waals surface area contributed by atoms with Crippen molar-refractivity contribution < 1.29 is 18.7 Å². The van der Waals surface area contributed by atoms with Crippen molar-refractivity contribution in [1.29, 1.82) is 0 Å². The van der Waals surface area contributed by atoms with Crippen LogP contribution in [0.5, 0.6) is 0 Å². The molecule has 0 amide bonds. The van der Waals surface area contributed by atoms with Crippen molar-refractivity contribution in [2.75, 3.05) is 0 Å². The first-order valence-corrected chi connectivity index (χ1v) is 10.8. The predicted molar refractivity (Wildman–Crippen MR) is 92.7 cm³/mol. The molecule has 5 nitrogen and oxygen atoms in total. The minimum absolute atomic E-state index is 0.0838. The Labute approximate surface area is 144 Å². The van der Waals surface area contributed by atoms with Gasteiger partial charge in [-0.15, -0.1) is 0 Å². The molecule has 0 spiro atoms. The van der Waals surface area contributed by atoms with E-state index in [1.807, 2.05) is 0 Å². The number of hydrogen-bond acceptors (Lipinski definition) is 5. The average Bonchev–Trinajstić information content (AvgIpc) is 2.63. The Morgan fingerprint density at radius 3 is 2.00 bits per heavy atom. The molecule has 0 aromatic carbocycles. The summed E-state index contributed by atoms with van der Waals surface area (Å²) < 4.78 is 25.4. The molecule has 0 saturated heterocycles. The number of nitrogens with zero attached hydrogens (tertiary/aromatic N) is 1. The van der Waals surface area contributed by atoms with Crippen molar-refractivity contribution >= 4 is 7.60 Å². The summed E-state index contributed by atoms with van der Waals surface area (Å²) in [6.07, 6.45) is 13.3. The van der Waals surface area contributed by atoms with Gasteiger partial charge < -0.3 is 14.2 Å². The van der Waals surface area contributed by atoms with Crippen LogP contribution in [0.3, 0.4) is 0 Å². The third-order valence-corrected chi connectivity index (χ3v) is 7.06. The van der Waals surface area contributed by atoms with E-state index in [-0.39, 0.29) is 12.2 Å². The second kappa shape index (κ2) is 8.57. The van der Waals surface area contributed by atoms with Crippen molar-refractivity contribution in [2.24, 2.45) is 0 Å². The van der Waals surface area contributed by atoms with Gasteiger partial charge in [0.2, 0.25) is 0 Å². The normalized spacial score (nSPS) is 22.4. The summed E-state index contributed by atoms with van der Waals surface area (Å²) >= 11 is 0. The third kappa shape index (κ3) is 4.66. The van der Waals surface area contributed by atoms with E-state index >= 15 is 0 Å². The highest BCUT2D eigenvalue weighted by Crippen LogP contribution is 2.62. The first kappa shape index (κ1) is 18.1. The molecule has 2 aliphatic carbocycles. The van der Waals surface area contributed by atoms with Crippen LogP contribution in [0.1, 0.15) is 75.6 Å². The van der Waals surface area contributed by atoms with E-state index in [1.54, 1.807) is 18.3 Å². The molecule has 0 radical (unpaired) electrons. The van der Waals surface area contributed by atoms with Crippen molar-refractivity contribution in [3.63, 3.8) is 0 Å². The van der Waals surface area contributed by atoms with Gasteiger partial charge in [0.1, 0.15) is 0 Å². The van der Waals surface area contributed by atoms with Gasteiger partial charge in [-0.25, -0.2) is 0 Å². The molecular weight excluding hydrogens is 325 g/mol. The quantitative estimate of drug-likeness (QED) is 0.732. The SMILES string of the molecule is O=P(OC1CCCCC1)(OC1CCCCC1)[C@H](O)c1cccnc1. The Balaban J connectivity index is 1.77. The van der Waals surface area contributed by atoms with E-state index in [0.29, 0.717) is 5.56 Å². The number of hydrogen-bond donors (Lipinski definition) is 1. The van der Waals surface area contributed by atoms with Gasteiger partial charge in [-0.1, -0.05) is 44.6 Å². The second-order valence-corrected chi connectivity index (χ2v) is 8.92. The molecule has 24 heavy (non-hydrogen) atoms. The monoisotopic (exact) mass is 353 g/mol. The summed E-state index contributed by atoms with van der Waals surface area (Å²) in [7, 11) is -3.65. The molecule has 0 aliphatic heterocycles. The Morgan fingerprint density at radius 1 is 1.00 bits per heavy atom. The van der Waals surface area contributed by atoms with Crippen LogP contribution < -0.4 is 0 Å². The lowest BCUT2D eigenvalue weighted by Gasteiger charge is -2.33. The van der Waals surface area contributed by atoms with Crippen LogP contribution in [-0.4, -0.2) is 22.3 Å². The van der Waals surface area contributed by atoms with E-state index in [9.17, 15) is 9.67 Å². The number of rotatable bonds is 6. The Kier molecular flexibility index (Phi) is 6.45. The third-order valence-electron chi connectivity index (χ3n) is 4.98. The minimum Gasteiger partial charge on any atom is -0.376 e. The Hall–Kier alpha value is -0.740. The highest BCUT2D eigenvalue weighted by molar-refractivity contribution is 7.54.